The second-order valence-corrected chi connectivity index (χ2v) is 3.99. The standard InChI is InChI=1S/C15H11F2N/c16-14-6-4-12(5-7-14)15(17)13-3-1-2-11(10-13)8-9-18/h1-7,10,15H,8H2. The van der Waals surface area contributed by atoms with Gasteiger partial charge in [-0.3, -0.25) is 0 Å². The molecule has 0 fully saturated rings. The van der Waals surface area contributed by atoms with Gasteiger partial charge in [0.1, 0.15) is 5.82 Å². The Morgan fingerprint density at radius 2 is 1.78 bits per heavy atom. The lowest BCUT2D eigenvalue weighted by Gasteiger charge is -2.09. The van der Waals surface area contributed by atoms with Crippen LogP contribution in [0.5, 0.6) is 0 Å². The van der Waals surface area contributed by atoms with Crippen molar-refractivity contribution in [3.8, 4) is 6.07 Å². The molecule has 2 rings (SSSR count). The molecule has 90 valence electrons. The van der Waals surface area contributed by atoms with Gasteiger partial charge in [0.25, 0.3) is 0 Å². The third kappa shape index (κ3) is 2.72. The van der Waals surface area contributed by atoms with E-state index in [4.69, 9.17) is 5.26 Å². The van der Waals surface area contributed by atoms with Crippen LogP contribution in [-0.2, 0) is 6.42 Å². The number of halogens is 2. The average molecular weight is 243 g/mol. The zero-order valence-corrected chi connectivity index (χ0v) is 9.61. The molecule has 2 aromatic rings. The van der Waals surface area contributed by atoms with Crippen molar-refractivity contribution in [1.29, 1.82) is 5.26 Å². The van der Waals surface area contributed by atoms with Crippen LogP contribution in [0.2, 0.25) is 0 Å². The molecule has 1 nitrogen and oxygen atoms in total. The fraction of sp³-hybridized carbons (Fsp3) is 0.133. The maximum atomic E-state index is 14.2. The molecule has 0 saturated heterocycles. The Morgan fingerprint density at radius 1 is 1.06 bits per heavy atom. The molecule has 0 aliphatic heterocycles. The average Bonchev–Trinajstić information content (AvgIpc) is 2.39. The minimum Gasteiger partial charge on any atom is -0.237 e. The van der Waals surface area contributed by atoms with E-state index >= 15 is 0 Å². The number of benzene rings is 2. The molecule has 0 aliphatic rings. The van der Waals surface area contributed by atoms with E-state index in [1.54, 1.807) is 24.3 Å². The highest BCUT2D eigenvalue weighted by Crippen LogP contribution is 2.26. The maximum Gasteiger partial charge on any atom is 0.150 e. The fourth-order valence-electron chi connectivity index (χ4n) is 1.78. The van der Waals surface area contributed by atoms with Crippen molar-refractivity contribution < 1.29 is 8.78 Å². The van der Waals surface area contributed by atoms with E-state index in [0.29, 0.717) is 11.1 Å². The monoisotopic (exact) mass is 243 g/mol. The van der Waals surface area contributed by atoms with E-state index in [0.717, 1.165) is 5.56 Å². The molecule has 0 radical (unpaired) electrons. The first-order chi connectivity index (χ1) is 8.70. The summed E-state index contributed by atoms with van der Waals surface area (Å²) in [5, 5.41) is 8.61. The number of rotatable bonds is 3. The Labute approximate surface area is 104 Å². The van der Waals surface area contributed by atoms with Crippen LogP contribution >= 0.6 is 0 Å². The van der Waals surface area contributed by atoms with E-state index in [2.05, 4.69) is 0 Å². The molecule has 3 heteroatoms. The molecule has 1 atom stereocenters. The Kier molecular flexibility index (Phi) is 3.69. The summed E-state index contributed by atoms with van der Waals surface area (Å²) in [5.41, 5.74) is 1.67. The van der Waals surface area contributed by atoms with Crippen LogP contribution in [0.1, 0.15) is 22.9 Å². The molecular formula is C15H11F2N. The van der Waals surface area contributed by atoms with Crippen LogP contribution in [0.3, 0.4) is 0 Å². The summed E-state index contributed by atoms with van der Waals surface area (Å²) in [4.78, 5) is 0. The maximum absolute atomic E-state index is 14.2. The minimum absolute atomic E-state index is 0.254. The van der Waals surface area contributed by atoms with E-state index in [1.165, 1.54) is 24.3 Å². The first-order valence-electron chi connectivity index (χ1n) is 5.56. The van der Waals surface area contributed by atoms with Gasteiger partial charge in [0.2, 0.25) is 0 Å². The lowest BCUT2D eigenvalue weighted by molar-refractivity contribution is 0.401. The highest BCUT2D eigenvalue weighted by Gasteiger charge is 2.12. The van der Waals surface area contributed by atoms with Gasteiger partial charge < -0.3 is 0 Å². The van der Waals surface area contributed by atoms with Crippen molar-refractivity contribution in [3.05, 3.63) is 71.0 Å². The smallest absolute Gasteiger partial charge is 0.150 e. The number of hydrogen-bond acceptors (Lipinski definition) is 1. The van der Waals surface area contributed by atoms with Gasteiger partial charge >= 0.3 is 0 Å². The van der Waals surface area contributed by atoms with Crippen molar-refractivity contribution in [1.82, 2.24) is 0 Å². The zero-order valence-electron chi connectivity index (χ0n) is 9.61. The van der Waals surface area contributed by atoms with Gasteiger partial charge in [0.15, 0.2) is 6.17 Å². The molecule has 0 saturated carbocycles. The van der Waals surface area contributed by atoms with Crippen LogP contribution in [0.25, 0.3) is 0 Å². The summed E-state index contributed by atoms with van der Waals surface area (Å²) in [7, 11) is 0. The van der Waals surface area contributed by atoms with E-state index in [-0.39, 0.29) is 12.2 Å². The first-order valence-corrected chi connectivity index (χ1v) is 5.56. The molecule has 0 spiro atoms. The van der Waals surface area contributed by atoms with Crippen molar-refractivity contribution in [2.75, 3.05) is 0 Å². The second-order valence-electron chi connectivity index (χ2n) is 3.99. The van der Waals surface area contributed by atoms with Gasteiger partial charge in [-0.2, -0.15) is 5.26 Å². The summed E-state index contributed by atoms with van der Waals surface area (Å²) >= 11 is 0. The zero-order chi connectivity index (χ0) is 13.0. The van der Waals surface area contributed by atoms with Gasteiger partial charge in [-0.25, -0.2) is 8.78 Å². The van der Waals surface area contributed by atoms with Crippen molar-refractivity contribution in [3.63, 3.8) is 0 Å². The molecule has 1 unspecified atom stereocenters. The first kappa shape index (κ1) is 12.3. The van der Waals surface area contributed by atoms with E-state index in [9.17, 15) is 8.78 Å². The predicted octanol–water partition coefficient (Wildman–Crippen LogP) is 3.95. The third-order valence-corrected chi connectivity index (χ3v) is 2.69. The molecule has 2 aromatic carbocycles. The molecule has 0 N–H and O–H groups in total. The lowest BCUT2D eigenvalue weighted by atomic mass is 10.00. The fourth-order valence-corrected chi connectivity index (χ4v) is 1.78. The number of alkyl halides is 1. The second kappa shape index (κ2) is 5.42. The highest BCUT2D eigenvalue weighted by molar-refractivity contribution is 5.33. The number of nitriles is 1. The molecule has 18 heavy (non-hydrogen) atoms. The summed E-state index contributed by atoms with van der Waals surface area (Å²) in [5.74, 6) is -0.385. The Bertz CT molecular complexity index is 570. The van der Waals surface area contributed by atoms with Crippen molar-refractivity contribution in [2.24, 2.45) is 0 Å². The predicted molar refractivity (Wildman–Crippen MR) is 65.1 cm³/mol. The van der Waals surface area contributed by atoms with Crippen LogP contribution in [0.4, 0.5) is 8.78 Å². The largest absolute Gasteiger partial charge is 0.237 e. The molecular weight excluding hydrogens is 232 g/mol. The van der Waals surface area contributed by atoms with E-state index in [1.807, 2.05) is 6.07 Å². The quantitative estimate of drug-likeness (QED) is 0.800. The van der Waals surface area contributed by atoms with Crippen LogP contribution in [-0.4, -0.2) is 0 Å². The molecule has 0 amide bonds. The summed E-state index contributed by atoms with van der Waals surface area (Å²) in [6.07, 6.45) is -1.05. The van der Waals surface area contributed by atoms with Gasteiger partial charge in [-0.15, -0.1) is 0 Å². The van der Waals surface area contributed by atoms with Crippen molar-refractivity contribution >= 4 is 0 Å². The van der Waals surface area contributed by atoms with Gasteiger partial charge in [0, 0.05) is 0 Å². The van der Waals surface area contributed by atoms with E-state index < -0.39 is 6.17 Å². The highest BCUT2D eigenvalue weighted by atomic mass is 19.1. The summed E-state index contributed by atoms with van der Waals surface area (Å²) in [6.45, 7) is 0. The number of nitrogens with zero attached hydrogens (tertiary/aromatic N) is 1. The molecule has 0 aromatic heterocycles. The number of hydrogen-bond donors (Lipinski definition) is 0. The summed E-state index contributed by atoms with van der Waals surface area (Å²) < 4.78 is 27.0. The topological polar surface area (TPSA) is 23.8 Å². The van der Waals surface area contributed by atoms with Crippen LogP contribution in [0, 0.1) is 17.1 Å². The normalized spacial score (nSPS) is 11.8. The molecule has 0 aliphatic carbocycles. The van der Waals surface area contributed by atoms with Gasteiger partial charge in [-0.1, -0.05) is 36.4 Å². The third-order valence-electron chi connectivity index (χ3n) is 2.69. The van der Waals surface area contributed by atoms with Gasteiger partial charge in [0.05, 0.1) is 12.5 Å². The van der Waals surface area contributed by atoms with Crippen LogP contribution < -0.4 is 0 Å². The minimum atomic E-state index is -1.30. The summed E-state index contributed by atoms with van der Waals surface area (Å²) in [6, 6.07) is 14.2. The lowest BCUT2D eigenvalue weighted by Crippen LogP contribution is -1.96. The Hall–Kier alpha value is -2.21. The van der Waals surface area contributed by atoms with Crippen molar-refractivity contribution in [2.45, 2.75) is 12.6 Å². The molecule has 0 heterocycles. The SMILES string of the molecule is N#CCc1cccc(C(F)c2ccc(F)cc2)c1. The Balaban J connectivity index is 2.28. The Morgan fingerprint density at radius 3 is 2.44 bits per heavy atom. The van der Waals surface area contributed by atoms with Crippen LogP contribution in [0.15, 0.2) is 48.5 Å². The van der Waals surface area contributed by atoms with Gasteiger partial charge in [-0.05, 0) is 28.8 Å². The molecule has 0 bridgehead atoms.